The zero-order chi connectivity index (χ0) is 13.2. The Hall–Kier alpha value is -1.38. The molecule has 0 spiro atoms. The standard InChI is InChI=1S/C14H19F2N/c1-9(2)12-8-11(6-7-13(12)17-5)14(15,16)10(3)4/h6-9,17H,3H2,1-2,4-5H3. The van der Waals surface area contributed by atoms with Gasteiger partial charge in [0.25, 0.3) is 5.92 Å². The van der Waals surface area contributed by atoms with Crippen LogP contribution in [0.25, 0.3) is 0 Å². The quantitative estimate of drug-likeness (QED) is 0.762. The molecule has 0 unspecified atom stereocenters. The lowest BCUT2D eigenvalue weighted by atomic mass is 9.94. The van der Waals surface area contributed by atoms with Crippen LogP contribution in [0.2, 0.25) is 0 Å². The lowest BCUT2D eigenvalue weighted by Crippen LogP contribution is -2.15. The van der Waals surface area contributed by atoms with Gasteiger partial charge in [0.2, 0.25) is 0 Å². The first-order valence-electron chi connectivity index (χ1n) is 5.66. The van der Waals surface area contributed by atoms with Gasteiger partial charge in [-0.25, -0.2) is 0 Å². The predicted molar refractivity (Wildman–Crippen MR) is 68.8 cm³/mol. The fourth-order valence-corrected chi connectivity index (χ4v) is 1.71. The fourth-order valence-electron chi connectivity index (χ4n) is 1.71. The molecule has 0 saturated heterocycles. The Balaban J connectivity index is 3.30. The van der Waals surface area contributed by atoms with Crippen LogP contribution in [-0.2, 0) is 5.92 Å². The predicted octanol–water partition coefficient (Wildman–Crippen LogP) is 4.52. The van der Waals surface area contributed by atoms with E-state index in [9.17, 15) is 8.78 Å². The zero-order valence-electron chi connectivity index (χ0n) is 10.8. The molecule has 1 aromatic carbocycles. The van der Waals surface area contributed by atoms with Crippen molar-refractivity contribution in [3.63, 3.8) is 0 Å². The molecular weight excluding hydrogens is 220 g/mol. The molecule has 1 N–H and O–H groups in total. The first-order chi connectivity index (χ1) is 7.80. The highest BCUT2D eigenvalue weighted by molar-refractivity contribution is 5.54. The molecule has 0 fully saturated rings. The second-order valence-corrected chi connectivity index (χ2v) is 4.56. The van der Waals surface area contributed by atoms with E-state index >= 15 is 0 Å². The molecule has 0 aliphatic rings. The second-order valence-electron chi connectivity index (χ2n) is 4.56. The molecule has 17 heavy (non-hydrogen) atoms. The molecular formula is C14H19F2N. The molecule has 0 saturated carbocycles. The van der Waals surface area contributed by atoms with Gasteiger partial charge in [0.05, 0.1) is 0 Å². The summed E-state index contributed by atoms with van der Waals surface area (Å²) in [5.74, 6) is -2.77. The summed E-state index contributed by atoms with van der Waals surface area (Å²) in [7, 11) is 1.79. The average Bonchev–Trinajstić information content (AvgIpc) is 2.27. The summed E-state index contributed by atoms with van der Waals surface area (Å²) in [6.45, 7) is 8.67. The summed E-state index contributed by atoms with van der Waals surface area (Å²) in [5.41, 5.74) is 1.66. The molecule has 1 nitrogen and oxygen atoms in total. The maximum absolute atomic E-state index is 13.8. The highest BCUT2D eigenvalue weighted by atomic mass is 19.3. The van der Waals surface area contributed by atoms with Crippen molar-refractivity contribution >= 4 is 5.69 Å². The molecule has 0 radical (unpaired) electrons. The maximum atomic E-state index is 13.8. The molecule has 0 aromatic heterocycles. The summed E-state index contributed by atoms with van der Waals surface area (Å²) >= 11 is 0. The van der Waals surface area contributed by atoms with Crippen LogP contribution in [0.5, 0.6) is 0 Å². The van der Waals surface area contributed by atoms with E-state index in [4.69, 9.17) is 0 Å². The van der Waals surface area contributed by atoms with Gasteiger partial charge in [0.1, 0.15) is 0 Å². The third kappa shape index (κ3) is 2.65. The molecule has 1 aromatic rings. The van der Waals surface area contributed by atoms with Crippen molar-refractivity contribution in [2.75, 3.05) is 12.4 Å². The monoisotopic (exact) mass is 239 g/mol. The summed E-state index contributed by atoms with van der Waals surface area (Å²) in [6.07, 6.45) is 0. The van der Waals surface area contributed by atoms with Crippen molar-refractivity contribution in [3.8, 4) is 0 Å². The maximum Gasteiger partial charge on any atom is 0.294 e. The number of rotatable bonds is 4. The van der Waals surface area contributed by atoms with Crippen molar-refractivity contribution in [2.24, 2.45) is 0 Å². The average molecular weight is 239 g/mol. The van der Waals surface area contributed by atoms with Crippen molar-refractivity contribution in [3.05, 3.63) is 41.5 Å². The van der Waals surface area contributed by atoms with Crippen LogP contribution in [0.1, 0.15) is 37.8 Å². The summed E-state index contributed by atoms with van der Waals surface area (Å²) in [5, 5.41) is 3.02. The van der Waals surface area contributed by atoms with E-state index in [0.29, 0.717) is 0 Å². The van der Waals surface area contributed by atoms with E-state index in [-0.39, 0.29) is 17.1 Å². The normalized spacial score (nSPS) is 11.7. The van der Waals surface area contributed by atoms with Crippen molar-refractivity contribution in [1.29, 1.82) is 0 Å². The summed E-state index contributed by atoms with van der Waals surface area (Å²) in [4.78, 5) is 0. The Morgan fingerprint density at radius 1 is 1.35 bits per heavy atom. The smallest absolute Gasteiger partial charge is 0.294 e. The number of nitrogens with one attached hydrogen (secondary N) is 1. The van der Waals surface area contributed by atoms with E-state index < -0.39 is 5.92 Å². The van der Waals surface area contributed by atoms with Crippen LogP contribution in [0.3, 0.4) is 0 Å². The molecule has 1 rings (SSSR count). The van der Waals surface area contributed by atoms with Gasteiger partial charge in [-0.2, -0.15) is 8.78 Å². The Kier molecular flexibility index (Phi) is 3.91. The number of hydrogen-bond donors (Lipinski definition) is 1. The molecule has 3 heteroatoms. The van der Waals surface area contributed by atoms with Crippen LogP contribution in [-0.4, -0.2) is 7.05 Å². The highest BCUT2D eigenvalue weighted by Crippen LogP contribution is 2.37. The zero-order valence-corrected chi connectivity index (χ0v) is 10.8. The first-order valence-corrected chi connectivity index (χ1v) is 5.66. The lowest BCUT2D eigenvalue weighted by molar-refractivity contribution is 0.0385. The van der Waals surface area contributed by atoms with Crippen LogP contribution in [0.4, 0.5) is 14.5 Å². The van der Waals surface area contributed by atoms with Gasteiger partial charge >= 0.3 is 0 Å². The number of alkyl halides is 2. The van der Waals surface area contributed by atoms with E-state index in [2.05, 4.69) is 11.9 Å². The van der Waals surface area contributed by atoms with E-state index in [1.165, 1.54) is 13.0 Å². The molecule has 94 valence electrons. The Morgan fingerprint density at radius 3 is 2.35 bits per heavy atom. The van der Waals surface area contributed by atoms with Gasteiger partial charge in [-0.3, -0.25) is 0 Å². The third-order valence-electron chi connectivity index (χ3n) is 2.84. The van der Waals surface area contributed by atoms with Crippen LogP contribution in [0.15, 0.2) is 30.4 Å². The minimum absolute atomic E-state index is 0.00713. The molecule has 0 atom stereocenters. The van der Waals surface area contributed by atoms with E-state index in [0.717, 1.165) is 11.3 Å². The van der Waals surface area contributed by atoms with E-state index in [1.807, 2.05) is 13.8 Å². The minimum atomic E-state index is -2.96. The van der Waals surface area contributed by atoms with Gasteiger partial charge in [-0.05, 0) is 36.1 Å². The Morgan fingerprint density at radius 2 is 1.94 bits per heavy atom. The van der Waals surface area contributed by atoms with Gasteiger partial charge in [-0.15, -0.1) is 0 Å². The Bertz CT molecular complexity index is 422. The molecule has 0 aliphatic carbocycles. The highest BCUT2D eigenvalue weighted by Gasteiger charge is 2.33. The summed E-state index contributed by atoms with van der Waals surface area (Å²) < 4.78 is 27.7. The number of anilines is 1. The van der Waals surface area contributed by atoms with Crippen LogP contribution < -0.4 is 5.32 Å². The third-order valence-corrected chi connectivity index (χ3v) is 2.84. The molecule has 0 aliphatic heterocycles. The van der Waals surface area contributed by atoms with Crippen molar-refractivity contribution < 1.29 is 8.78 Å². The topological polar surface area (TPSA) is 12.0 Å². The van der Waals surface area contributed by atoms with Crippen molar-refractivity contribution in [1.82, 2.24) is 0 Å². The second kappa shape index (κ2) is 4.86. The largest absolute Gasteiger partial charge is 0.388 e. The molecule has 0 heterocycles. The van der Waals surface area contributed by atoms with Gasteiger partial charge in [0.15, 0.2) is 0 Å². The van der Waals surface area contributed by atoms with E-state index in [1.54, 1.807) is 19.2 Å². The number of allylic oxidation sites excluding steroid dienone is 1. The van der Waals surface area contributed by atoms with Crippen LogP contribution in [0, 0.1) is 0 Å². The summed E-state index contributed by atoms with van der Waals surface area (Å²) in [6, 6.07) is 4.71. The lowest BCUT2D eigenvalue weighted by Gasteiger charge is -2.20. The molecule has 0 bridgehead atoms. The number of benzene rings is 1. The number of halogens is 2. The van der Waals surface area contributed by atoms with Gasteiger partial charge in [0, 0.05) is 18.3 Å². The SMILES string of the molecule is C=C(C)C(F)(F)c1ccc(NC)c(C(C)C)c1. The van der Waals surface area contributed by atoms with Crippen molar-refractivity contribution in [2.45, 2.75) is 32.6 Å². The van der Waals surface area contributed by atoms with Gasteiger partial charge < -0.3 is 5.32 Å². The molecule has 0 amide bonds. The van der Waals surface area contributed by atoms with Gasteiger partial charge in [-0.1, -0.05) is 26.5 Å². The first kappa shape index (κ1) is 13.7. The fraction of sp³-hybridized carbons (Fsp3) is 0.429. The number of hydrogen-bond acceptors (Lipinski definition) is 1. The minimum Gasteiger partial charge on any atom is -0.388 e. The Labute approximate surface area is 102 Å². The van der Waals surface area contributed by atoms with Crippen LogP contribution >= 0.6 is 0 Å².